The Morgan fingerprint density at radius 3 is 2.60 bits per heavy atom. The number of anilines is 1. The monoisotopic (exact) mass is 271 g/mol. The summed E-state index contributed by atoms with van der Waals surface area (Å²) in [6, 6.07) is 8.06. The molecule has 0 bridgehead atoms. The van der Waals surface area contributed by atoms with Crippen LogP contribution in [0.3, 0.4) is 0 Å². The van der Waals surface area contributed by atoms with Crippen molar-refractivity contribution in [2.75, 3.05) is 5.32 Å². The van der Waals surface area contributed by atoms with Crippen molar-refractivity contribution < 1.29 is 9.72 Å². The van der Waals surface area contributed by atoms with Crippen LogP contribution in [-0.2, 0) is 6.54 Å². The van der Waals surface area contributed by atoms with Crippen molar-refractivity contribution in [3.8, 4) is 0 Å². The molecule has 0 fully saturated rings. The molecule has 6 nitrogen and oxygen atoms in total. The number of hydrogen-bond acceptors (Lipinski definition) is 5. The summed E-state index contributed by atoms with van der Waals surface area (Å²) in [5.74, 6) is -0.200. The van der Waals surface area contributed by atoms with Crippen LogP contribution >= 0.6 is 0 Å². The van der Waals surface area contributed by atoms with Crippen LogP contribution in [0.1, 0.15) is 22.8 Å². The highest BCUT2D eigenvalue weighted by molar-refractivity contribution is 5.95. The van der Waals surface area contributed by atoms with E-state index < -0.39 is 4.92 Å². The lowest BCUT2D eigenvalue weighted by Crippen LogP contribution is -2.04. The molecule has 0 saturated heterocycles. The second-order valence-electron chi connectivity index (χ2n) is 4.25. The van der Waals surface area contributed by atoms with Gasteiger partial charge in [-0.3, -0.25) is 19.9 Å². The molecule has 0 aliphatic rings. The molecule has 0 saturated carbocycles. The minimum Gasteiger partial charge on any atom is -0.375 e. The van der Waals surface area contributed by atoms with Crippen LogP contribution in [0.5, 0.6) is 0 Å². The van der Waals surface area contributed by atoms with E-state index >= 15 is 0 Å². The van der Waals surface area contributed by atoms with Crippen molar-refractivity contribution in [3.63, 3.8) is 0 Å². The molecule has 0 spiro atoms. The van der Waals surface area contributed by atoms with Crippen molar-refractivity contribution in [3.05, 3.63) is 64.0 Å². The minimum absolute atomic E-state index is 0.105. The number of rotatable bonds is 5. The van der Waals surface area contributed by atoms with Gasteiger partial charge < -0.3 is 5.32 Å². The predicted octanol–water partition coefficient (Wildman–Crippen LogP) is 2.80. The van der Waals surface area contributed by atoms with Gasteiger partial charge in [0.2, 0.25) is 0 Å². The quantitative estimate of drug-likeness (QED) is 0.513. The maximum atomic E-state index is 11.3. The first-order valence-corrected chi connectivity index (χ1v) is 6.00. The van der Waals surface area contributed by atoms with E-state index in [9.17, 15) is 14.9 Å². The number of nitrogens with one attached hydrogen (secondary N) is 1. The van der Waals surface area contributed by atoms with E-state index in [0.717, 1.165) is 5.56 Å². The Hall–Kier alpha value is -2.76. The summed E-state index contributed by atoms with van der Waals surface area (Å²) < 4.78 is 0. The van der Waals surface area contributed by atoms with Gasteiger partial charge in [-0.15, -0.1) is 0 Å². The van der Waals surface area contributed by atoms with E-state index in [1.807, 2.05) is 12.1 Å². The van der Waals surface area contributed by atoms with Crippen LogP contribution in [0.15, 0.2) is 42.7 Å². The zero-order valence-corrected chi connectivity index (χ0v) is 10.9. The fourth-order valence-corrected chi connectivity index (χ4v) is 1.75. The summed E-state index contributed by atoms with van der Waals surface area (Å²) in [4.78, 5) is 25.7. The molecule has 2 aromatic rings. The molecular weight excluding hydrogens is 258 g/mol. The summed E-state index contributed by atoms with van der Waals surface area (Å²) in [7, 11) is 0. The normalized spacial score (nSPS) is 10.1. The first-order chi connectivity index (χ1) is 9.58. The Bertz CT molecular complexity index is 641. The van der Waals surface area contributed by atoms with Gasteiger partial charge in [-0.05, 0) is 36.8 Å². The van der Waals surface area contributed by atoms with Crippen LogP contribution in [0.25, 0.3) is 0 Å². The molecule has 1 aromatic heterocycles. The van der Waals surface area contributed by atoms with Crippen molar-refractivity contribution in [2.24, 2.45) is 0 Å². The lowest BCUT2D eigenvalue weighted by molar-refractivity contribution is -0.384. The molecule has 1 heterocycles. The average Bonchev–Trinajstić information content (AvgIpc) is 2.45. The number of nitro groups is 1. The number of hydrogen-bond donors (Lipinski definition) is 1. The second-order valence-corrected chi connectivity index (χ2v) is 4.25. The number of carbonyl (C=O) groups is 1. The molecule has 102 valence electrons. The van der Waals surface area contributed by atoms with Gasteiger partial charge in [-0.1, -0.05) is 0 Å². The lowest BCUT2D eigenvalue weighted by atomic mass is 10.1. The number of nitro benzene ring substituents is 1. The van der Waals surface area contributed by atoms with E-state index in [4.69, 9.17) is 0 Å². The average molecular weight is 271 g/mol. The Kier molecular flexibility index (Phi) is 4.05. The van der Waals surface area contributed by atoms with Gasteiger partial charge in [0.25, 0.3) is 5.69 Å². The van der Waals surface area contributed by atoms with E-state index in [2.05, 4.69) is 10.3 Å². The molecular formula is C14H13N3O3. The van der Waals surface area contributed by atoms with Gasteiger partial charge in [0, 0.05) is 30.6 Å². The van der Waals surface area contributed by atoms with E-state index in [-0.39, 0.29) is 11.5 Å². The number of benzene rings is 1. The van der Waals surface area contributed by atoms with Gasteiger partial charge in [0.15, 0.2) is 5.78 Å². The van der Waals surface area contributed by atoms with E-state index in [1.165, 1.54) is 13.0 Å². The summed E-state index contributed by atoms with van der Waals surface area (Å²) in [5.41, 5.74) is 1.57. The fraction of sp³-hybridized carbons (Fsp3) is 0.143. The topological polar surface area (TPSA) is 85.1 Å². The van der Waals surface area contributed by atoms with Crippen LogP contribution in [0.2, 0.25) is 0 Å². The standard InChI is InChI=1S/C14H13N3O3/c1-10(18)12-2-3-13(14(8-12)17(19)20)16-9-11-4-6-15-7-5-11/h2-8,16H,9H2,1H3. The van der Waals surface area contributed by atoms with Crippen molar-refractivity contribution >= 4 is 17.2 Å². The van der Waals surface area contributed by atoms with Crippen LogP contribution < -0.4 is 5.32 Å². The summed E-state index contributed by atoms with van der Waals surface area (Å²) >= 11 is 0. The highest BCUT2D eigenvalue weighted by Gasteiger charge is 2.15. The zero-order chi connectivity index (χ0) is 14.5. The lowest BCUT2D eigenvalue weighted by Gasteiger charge is -2.08. The number of pyridine rings is 1. The number of aromatic nitrogens is 1. The number of carbonyl (C=O) groups excluding carboxylic acids is 1. The largest absolute Gasteiger partial charge is 0.375 e. The Morgan fingerprint density at radius 2 is 2.00 bits per heavy atom. The molecule has 0 aliphatic heterocycles. The fourth-order valence-electron chi connectivity index (χ4n) is 1.75. The maximum Gasteiger partial charge on any atom is 0.293 e. The third-order valence-electron chi connectivity index (χ3n) is 2.83. The Labute approximate surface area is 115 Å². The third kappa shape index (κ3) is 3.17. The Balaban J connectivity index is 2.23. The first kappa shape index (κ1) is 13.7. The third-order valence-corrected chi connectivity index (χ3v) is 2.83. The molecule has 0 aliphatic carbocycles. The number of Topliss-reactive ketones (excluding diaryl/α,β-unsaturated/α-hetero) is 1. The molecule has 6 heteroatoms. The highest BCUT2D eigenvalue weighted by Crippen LogP contribution is 2.26. The van der Waals surface area contributed by atoms with Gasteiger partial charge in [0.05, 0.1) is 4.92 Å². The van der Waals surface area contributed by atoms with Crippen molar-refractivity contribution in [1.82, 2.24) is 4.98 Å². The molecule has 0 amide bonds. The van der Waals surface area contributed by atoms with E-state index in [1.54, 1.807) is 24.5 Å². The van der Waals surface area contributed by atoms with Crippen LogP contribution in [0.4, 0.5) is 11.4 Å². The summed E-state index contributed by atoms with van der Waals surface area (Å²) in [6.07, 6.45) is 3.31. The smallest absolute Gasteiger partial charge is 0.293 e. The molecule has 20 heavy (non-hydrogen) atoms. The predicted molar refractivity (Wildman–Crippen MR) is 74.7 cm³/mol. The van der Waals surface area contributed by atoms with E-state index in [0.29, 0.717) is 17.8 Å². The van der Waals surface area contributed by atoms with Gasteiger partial charge >= 0.3 is 0 Å². The molecule has 1 aromatic carbocycles. The van der Waals surface area contributed by atoms with Gasteiger partial charge in [-0.25, -0.2) is 0 Å². The molecule has 0 radical (unpaired) electrons. The van der Waals surface area contributed by atoms with Gasteiger partial charge in [-0.2, -0.15) is 0 Å². The number of nitrogens with zero attached hydrogens (tertiary/aromatic N) is 2. The zero-order valence-electron chi connectivity index (χ0n) is 10.9. The summed E-state index contributed by atoms with van der Waals surface area (Å²) in [6.45, 7) is 1.83. The molecule has 2 rings (SSSR count). The highest BCUT2D eigenvalue weighted by atomic mass is 16.6. The number of ketones is 1. The SMILES string of the molecule is CC(=O)c1ccc(NCc2ccncc2)c([N+](=O)[O-])c1. The van der Waals surface area contributed by atoms with Crippen LogP contribution in [0, 0.1) is 10.1 Å². The summed E-state index contributed by atoms with van der Waals surface area (Å²) in [5, 5.41) is 14.0. The molecule has 1 N–H and O–H groups in total. The van der Waals surface area contributed by atoms with Crippen molar-refractivity contribution in [2.45, 2.75) is 13.5 Å². The minimum atomic E-state index is -0.499. The van der Waals surface area contributed by atoms with Crippen molar-refractivity contribution in [1.29, 1.82) is 0 Å². The maximum absolute atomic E-state index is 11.3. The van der Waals surface area contributed by atoms with Crippen LogP contribution in [-0.4, -0.2) is 15.7 Å². The molecule has 0 atom stereocenters. The first-order valence-electron chi connectivity index (χ1n) is 6.00. The van der Waals surface area contributed by atoms with Gasteiger partial charge in [0.1, 0.15) is 5.69 Å². The molecule has 0 unspecified atom stereocenters. The Morgan fingerprint density at radius 1 is 1.30 bits per heavy atom. The second kappa shape index (κ2) is 5.92.